The van der Waals surface area contributed by atoms with Gasteiger partial charge in [0.25, 0.3) is 0 Å². The number of rotatable bonds is 7. The number of aromatic nitrogens is 4. The predicted octanol–water partition coefficient (Wildman–Crippen LogP) is 2.38. The van der Waals surface area contributed by atoms with Crippen molar-refractivity contribution in [2.24, 2.45) is 0 Å². The number of thioether (sulfide) groups is 1. The molecule has 6 nitrogen and oxygen atoms in total. The fraction of sp³-hybridized carbons (Fsp3) is 0.417. The second-order valence-electron chi connectivity index (χ2n) is 4.07. The summed E-state index contributed by atoms with van der Waals surface area (Å²) in [6.45, 7) is 0.353. The van der Waals surface area contributed by atoms with Crippen molar-refractivity contribution in [1.82, 2.24) is 20.2 Å². The number of tetrazole rings is 1. The normalized spacial score (nSPS) is 11.3. The van der Waals surface area contributed by atoms with E-state index in [9.17, 15) is 4.39 Å². The van der Waals surface area contributed by atoms with Gasteiger partial charge in [-0.15, -0.1) is 5.10 Å². The molecule has 2 rings (SSSR count). The van der Waals surface area contributed by atoms with Gasteiger partial charge >= 0.3 is 0 Å². The van der Waals surface area contributed by atoms with Gasteiger partial charge in [-0.2, -0.15) is 0 Å². The van der Waals surface area contributed by atoms with E-state index >= 15 is 0 Å². The van der Waals surface area contributed by atoms with Gasteiger partial charge in [-0.3, -0.25) is 0 Å². The third kappa shape index (κ3) is 4.37. The van der Waals surface area contributed by atoms with Crippen LogP contribution < -0.4 is 0 Å². The second kappa shape index (κ2) is 7.69. The first kappa shape index (κ1) is 16.2. The van der Waals surface area contributed by atoms with Crippen LogP contribution in [0.15, 0.2) is 23.4 Å². The Balaban J connectivity index is 2.02. The summed E-state index contributed by atoms with van der Waals surface area (Å²) >= 11 is 7.04. The number of hydrogen-bond donors (Lipinski definition) is 0. The number of benzene rings is 1. The standard InChI is InChI=1S/C12H14ClFN4O2S/c1-19-11(20-2)6-18-12(15-16-17-18)21-7-8-3-4-9(13)5-10(8)14/h3-5,11H,6-7H2,1-2H3. The average molecular weight is 333 g/mol. The Bertz CT molecular complexity index is 594. The molecule has 0 spiro atoms. The van der Waals surface area contributed by atoms with Gasteiger partial charge in [0.2, 0.25) is 5.16 Å². The molecule has 0 amide bonds. The van der Waals surface area contributed by atoms with Crippen molar-refractivity contribution >= 4 is 23.4 Å². The highest BCUT2D eigenvalue weighted by molar-refractivity contribution is 7.98. The molecular weight excluding hydrogens is 319 g/mol. The molecule has 0 radical (unpaired) electrons. The molecule has 0 aliphatic carbocycles. The Morgan fingerprint density at radius 2 is 2.14 bits per heavy atom. The summed E-state index contributed by atoms with van der Waals surface area (Å²) in [4.78, 5) is 0. The van der Waals surface area contributed by atoms with E-state index in [0.29, 0.717) is 28.0 Å². The number of nitrogens with zero attached hydrogens (tertiary/aromatic N) is 4. The summed E-state index contributed by atoms with van der Waals surface area (Å²) in [7, 11) is 3.07. The molecule has 1 aromatic heterocycles. The van der Waals surface area contributed by atoms with Crippen molar-refractivity contribution in [1.29, 1.82) is 0 Å². The smallest absolute Gasteiger partial charge is 0.209 e. The highest BCUT2D eigenvalue weighted by Gasteiger charge is 2.14. The summed E-state index contributed by atoms with van der Waals surface area (Å²) in [6.07, 6.45) is -0.444. The summed E-state index contributed by atoms with van der Waals surface area (Å²) in [5.74, 6) is 0.0502. The minimum Gasteiger partial charge on any atom is -0.354 e. The van der Waals surface area contributed by atoms with Gasteiger partial charge in [0.05, 0.1) is 6.54 Å². The van der Waals surface area contributed by atoms with Crippen molar-refractivity contribution in [2.75, 3.05) is 14.2 Å². The molecule has 0 bridgehead atoms. The Kier molecular flexibility index (Phi) is 5.92. The lowest BCUT2D eigenvalue weighted by atomic mass is 10.2. The van der Waals surface area contributed by atoms with Crippen molar-refractivity contribution in [3.8, 4) is 0 Å². The van der Waals surface area contributed by atoms with E-state index in [1.54, 1.807) is 16.8 Å². The minimum atomic E-state index is -0.444. The minimum absolute atomic E-state index is 0.347. The maximum atomic E-state index is 13.7. The van der Waals surface area contributed by atoms with E-state index in [1.807, 2.05) is 0 Å². The Hall–Kier alpha value is -1.22. The number of halogens is 2. The Morgan fingerprint density at radius 1 is 1.38 bits per heavy atom. The number of hydrogen-bond acceptors (Lipinski definition) is 6. The lowest BCUT2D eigenvalue weighted by Crippen LogP contribution is -2.21. The summed E-state index contributed by atoms with van der Waals surface area (Å²) in [5, 5.41) is 12.3. The molecule has 1 aromatic carbocycles. The molecule has 0 saturated heterocycles. The monoisotopic (exact) mass is 332 g/mol. The first-order valence-electron chi connectivity index (χ1n) is 6.02. The molecular formula is C12H14ClFN4O2S. The molecule has 114 valence electrons. The molecule has 21 heavy (non-hydrogen) atoms. The van der Waals surface area contributed by atoms with Crippen molar-refractivity contribution < 1.29 is 13.9 Å². The topological polar surface area (TPSA) is 62.1 Å². The van der Waals surface area contributed by atoms with Crippen LogP contribution in [0.5, 0.6) is 0 Å². The molecule has 0 atom stereocenters. The van der Waals surface area contributed by atoms with E-state index in [-0.39, 0.29) is 5.82 Å². The zero-order valence-electron chi connectivity index (χ0n) is 11.5. The largest absolute Gasteiger partial charge is 0.354 e. The Labute approximate surface area is 130 Å². The van der Waals surface area contributed by atoms with Crippen LogP contribution in [0.1, 0.15) is 5.56 Å². The first-order valence-corrected chi connectivity index (χ1v) is 7.39. The van der Waals surface area contributed by atoms with E-state index in [0.717, 1.165) is 0 Å². The van der Waals surface area contributed by atoms with E-state index in [4.69, 9.17) is 21.1 Å². The molecule has 0 unspecified atom stereocenters. The zero-order chi connectivity index (χ0) is 15.2. The van der Waals surface area contributed by atoms with Crippen LogP contribution in [0, 0.1) is 5.82 Å². The molecule has 1 heterocycles. The molecule has 9 heteroatoms. The van der Waals surface area contributed by atoms with Crippen molar-refractivity contribution in [3.05, 3.63) is 34.6 Å². The van der Waals surface area contributed by atoms with Gasteiger partial charge in [-0.25, -0.2) is 9.07 Å². The van der Waals surface area contributed by atoms with Crippen molar-refractivity contribution in [2.45, 2.75) is 23.7 Å². The van der Waals surface area contributed by atoms with Crippen LogP contribution in [0.25, 0.3) is 0 Å². The SMILES string of the molecule is COC(Cn1nnnc1SCc1ccc(Cl)cc1F)OC. The fourth-order valence-corrected chi connectivity index (χ4v) is 2.61. The lowest BCUT2D eigenvalue weighted by molar-refractivity contribution is -0.113. The van der Waals surface area contributed by atoms with Gasteiger partial charge in [0.15, 0.2) is 6.29 Å². The summed E-state index contributed by atoms with van der Waals surface area (Å²) in [5.41, 5.74) is 0.536. The Morgan fingerprint density at radius 3 is 2.81 bits per heavy atom. The van der Waals surface area contributed by atoms with E-state index in [2.05, 4.69) is 15.5 Å². The summed E-state index contributed by atoms with van der Waals surface area (Å²) < 4.78 is 25.5. The number of ether oxygens (including phenoxy) is 2. The average Bonchev–Trinajstić information content (AvgIpc) is 2.91. The molecule has 0 aliphatic heterocycles. The van der Waals surface area contributed by atoms with E-state index in [1.165, 1.54) is 32.0 Å². The van der Waals surface area contributed by atoms with Crippen LogP contribution >= 0.6 is 23.4 Å². The van der Waals surface area contributed by atoms with Gasteiger partial charge in [-0.1, -0.05) is 29.4 Å². The fourth-order valence-electron chi connectivity index (χ4n) is 1.58. The van der Waals surface area contributed by atoms with Gasteiger partial charge < -0.3 is 9.47 Å². The van der Waals surface area contributed by atoms with Gasteiger partial charge in [0.1, 0.15) is 5.82 Å². The lowest BCUT2D eigenvalue weighted by Gasteiger charge is -2.13. The molecule has 0 aliphatic rings. The van der Waals surface area contributed by atoms with Crippen LogP contribution in [0.2, 0.25) is 5.02 Å². The van der Waals surface area contributed by atoms with Crippen LogP contribution in [-0.2, 0) is 21.8 Å². The summed E-state index contributed by atoms with van der Waals surface area (Å²) in [6, 6.07) is 4.58. The maximum absolute atomic E-state index is 13.7. The van der Waals surface area contributed by atoms with Gasteiger partial charge in [-0.05, 0) is 28.1 Å². The zero-order valence-corrected chi connectivity index (χ0v) is 13.1. The first-order chi connectivity index (χ1) is 10.1. The van der Waals surface area contributed by atoms with E-state index < -0.39 is 6.29 Å². The molecule has 2 aromatic rings. The predicted molar refractivity (Wildman–Crippen MR) is 76.6 cm³/mol. The van der Waals surface area contributed by atoms with Crippen LogP contribution in [0.4, 0.5) is 4.39 Å². The van der Waals surface area contributed by atoms with Crippen LogP contribution in [0.3, 0.4) is 0 Å². The van der Waals surface area contributed by atoms with Crippen molar-refractivity contribution in [3.63, 3.8) is 0 Å². The molecule has 0 fully saturated rings. The maximum Gasteiger partial charge on any atom is 0.209 e. The second-order valence-corrected chi connectivity index (χ2v) is 5.45. The van der Waals surface area contributed by atoms with Gasteiger partial charge in [0, 0.05) is 25.0 Å². The molecule has 0 N–H and O–H groups in total. The van der Waals surface area contributed by atoms with Crippen LogP contribution in [-0.4, -0.2) is 40.7 Å². The highest BCUT2D eigenvalue weighted by atomic mass is 35.5. The third-order valence-corrected chi connectivity index (χ3v) is 3.96. The molecule has 0 saturated carbocycles. The highest BCUT2D eigenvalue weighted by Crippen LogP contribution is 2.23. The third-order valence-electron chi connectivity index (χ3n) is 2.72. The quantitative estimate of drug-likeness (QED) is 0.573. The number of methoxy groups -OCH3 is 2.